The Bertz CT molecular complexity index is 543. The van der Waals surface area contributed by atoms with Crippen LogP contribution >= 0.6 is 0 Å². The molecule has 2 fully saturated rings. The molecule has 1 aromatic rings. The number of rotatable bonds is 6. The Kier molecular flexibility index (Phi) is 6.24. The fourth-order valence-corrected chi connectivity index (χ4v) is 3.38. The van der Waals surface area contributed by atoms with Crippen molar-refractivity contribution in [2.24, 2.45) is 0 Å². The van der Waals surface area contributed by atoms with Crippen molar-refractivity contribution < 1.29 is 14.3 Å². The fourth-order valence-electron chi connectivity index (χ4n) is 3.38. The second kappa shape index (κ2) is 8.60. The van der Waals surface area contributed by atoms with Gasteiger partial charge in [-0.3, -0.25) is 9.69 Å². The Morgan fingerprint density at radius 3 is 2.79 bits per heavy atom. The minimum Gasteiger partial charge on any atom is -0.379 e. The molecule has 5 heteroatoms. The maximum Gasteiger partial charge on any atom is 0.224 e. The van der Waals surface area contributed by atoms with Gasteiger partial charge in [0, 0.05) is 31.7 Å². The molecule has 2 heterocycles. The van der Waals surface area contributed by atoms with E-state index in [-0.39, 0.29) is 12.0 Å². The van der Waals surface area contributed by atoms with Crippen molar-refractivity contribution in [2.45, 2.75) is 51.4 Å². The molecule has 1 amide bonds. The molecule has 0 bridgehead atoms. The Hall–Kier alpha value is -1.43. The number of anilines is 1. The maximum absolute atomic E-state index is 12.3. The molecule has 0 unspecified atom stereocenters. The summed E-state index contributed by atoms with van der Waals surface area (Å²) in [6.45, 7) is 6.41. The van der Waals surface area contributed by atoms with Gasteiger partial charge in [0.2, 0.25) is 5.91 Å². The Balaban J connectivity index is 1.51. The number of carbonyl (C=O) groups excluding carboxylic acids is 1. The third kappa shape index (κ3) is 5.03. The highest BCUT2D eigenvalue weighted by molar-refractivity contribution is 5.91. The van der Waals surface area contributed by atoms with Crippen LogP contribution in [0, 0.1) is 0 Å². The van der Waals surface area contributed by atoms with E-state index < -0.39 is 0 Å². The summed E-state index contributed by atoms with van der Waals surface area (Å²) in [6, 6.07) is 8.08. The molecule has 2 atom stereocenters. The van der Waals surface area contributed by atoms with Crippen molar-refractivity contribution in [1.29, 1.82) is 0 Å². The molecule has 3 rings (SSSR count). The lowest BCUT2D eigenvalue weighted by Crippen LogP contribution is -2.35. The smallest absolute Gasteiger partial charge is 0.224 e. The van der Waals surface area contributed by atoms with Crippen LogP contribution in [0.4, 0.5) is 5.69 Å². The van der Waals surface area contributed by atoms with Crippen LogP contribution in [0.5, 0.6) is 0 Å². The van der Waals surface area contributed by atoms with E-state index in [2.05, 4.69) is 23.2 Å². The number of hydrogen-bond acceptors (Lipinski definition) is 4. The van der Waals surface area contributed by atoms with Crippen LogP contribution in [0.3, 0.4) is 0 Å². The monoisotopic (exact) mass is 332 g/mol. The highest BCUT2D eigenvalue weighted by atomic mass is 16.5. The quantitative estimate of drug-likeness (QED) is 0.870. The second-order valence-corrected chi connectivity index (χ2v) is 6.78. The van der Waals surface area contributed by atoms with Crippen LogP contribution in [-0.4, -0.2) is 49.3 Å². The van der Waals surface area contributed by atoms with Crippen LogP contribution in [0.15, 0.2) is 24.3 Å². The first-order valence-electron chi connectivity index (χ1n) is 9.04. The minimum atomic E-state index is 0.0765. The number of benzene rings is 1. The van der Waals surface area contributed by atoms with Crippen molar-refractivity contribution in [1.82, 2.24) is 4.90 Å². The molecule has 0 radical (unpaired) electrons. The van der Waals surface area contributed by atoms with Gasteiger partial charge in [-0.25, -0.2) is 0 Å². The van der Waals surface area contributed by atoms with E-state index in [0.717, 1.165) is 57.8 Å². The summed E-state index contributed by atoms with van der Waals surface area (Å²) in [5.41, 5.74) is 2.09. The number of morpholine rings is 1. The van der Waals surface area contributed by atoms with Crippen molar-refractivity contribution in [3.05, 3.63) is 29.8 Å². The molecule has 1 N–H and O–H groups in total. The lowest BCUT2D eigenvalue weighted by molar-refractivity contribution is -0.116. The molecule has 0 aromatic heterocycles. The third-order valence-corrected chi connectivity index (χ3v) is 4.80. The molecular weight excluding hydrogens is 304 g/mol. The molecule has 1 aromatic carbocycles. The number of nitrogens with one attached hydrogen (secondary N) is 1. The predicted octanol–water partition coefficient (Wildman–Crippen LogP) is 2.81. The van der Waals surface area contributed by atoms with Crippen LogP contribution < -0.4 is 5.32 Å². The zero-order valence-corrected chi connectivity index (χ0v) is 14.5. The number of para-hydroxylation sites is 1. The Labute approximate surface area is 144 Å². The molecule has 5 nitrogen and oxygen atoms in total. The SMILES string of the molecule is C[C@H]1CC[C@@H](CCC(=O)Nc2ccccc2CN2CCOCC2)O1. The van der Waals surface area contributed by atoms with E-state index in [9.17, 15) is 4.79 Å². The standard InChI is InChI=1S/C19H28N2O3/c1-15-6-7-17(24-15)8-9-19(22)20-18-5-3-2-4-16(18)14-21-10-12-23-13-11-21/h2-5,15,17H,6-14H2,1H3,(H,20,22)/t15-,17-/m0/s1. The summed E-state index contributed by atoms with van der Waals surface area (Å²) < 4.78 is 11.2. The number of carbonyl (C=O) groups is 1. The zero-order chi connectivity index (χ0) is 16.8. The van der Waals surface area contributed by atoms with Gasteiger partial charge < -0.3 is 14.8 Å². The van der Waals surface area contributed by atoms with E-state index in [4.69, 9.17) is 9.47 Å². The van der Waals surface area contributed by atoms with Crippen molar-refractivity contribution >= 4 is 11.6 Å². The Morgan fingerprint density at radius 2 is 2.04 bits per heavy atom. The molecule has 2 aliphatic heterocycles. The number of hydrogen-bond donors (Lipinski definition) is 1. The number of nitrogens with zero attached hydrogens (tertiary/aromatic N) is 1. The van der Waals surface area contributed by atoms with Crippen LogP contribution in [-0.2, 0) is 20.8 Å². The molecule has 0 aliphatic carbocycles. The van der Waals surface area contributed by atoms with Gasteiger partial charge >= 0.3 is 0 Å². The molecule has 132 valence electrons. The van der Waals surface area contributed by atoms with E-state index in [1.54, 1.807) is 0 Å². The van der Waals surface area contributed by atoms with Gasteiger partial charge in [-0.2, -0.15) is 0 Å². The van der Waals surface area contributed by atoms with Gasteiger partial charge in [-0.05, 0) is 37.8 Å². The summed E-state index contributed by atoms with van der Waals surface area (Å²) >= 11 is 0. The molecule has 0 saturated carbocycles. The molecule has 24 heavy (non-hydrogen) atoms. The van der Waals surface area contributed by atoms with E-state index >= 15 is 0 Å². The maximum atomic E-state index is 12.3. The second-order valence-electron chi connectivity index (χ2n) is 6.78. The van der Waals surface area contributed by atoms with Crippen LogP contribution in [0.2, 0.25) is 0 Å². The first-order valence-corrected chi connectivity index (χ1v) is 9.04. The van der Waals surface area contributed by atoms with Crippen molar-refractivity contribution in [2.75, 3.05) is 31.6 Å². The third-order valence-electron chi connectivity index (χ3n) is 4.80. The number of ether oxygens (including phenoxy) is 2. The van der Waals surface area contributed by atoms with E-state index in [1.807, 2.05) is 18.2 Å². The van der Waals surface area contributed by atoms with Crippen LogP contribution in [0.25, 0.3) is 0 Å². The average molecular weight is 332 g/mol. The van der Waals surface area contributed by atoms with Gasteiger partial charge in [0.1, 0.15) is 0 Å². The summed E-state index contributed by atoms with van der Waals surface area (Å²) in [5.74, 6) is 0.0765. The fraction of sp³-hybridized carbons (Fsp3) is 0.632. The van der Waals surface area contributed by atoms with Gasteiger partial charge in [0.15, 0.2) is 0 Å². The first-order chi connectivity index (χ1) is 11.7. The minimum absolute atomic E-state index is 0.0765. The summed E-state index contributed by atoms with van der Waals surface area (Å²) in [6.07, 6.45) is 4.09. The molecular formula is C19H28N2O3. The average Bonchev–Trinajstić information content (AvgIpc) is 3.01. The van der Waals surface area contributed by atoms with Gasteiger partial charge in [0.25, 0.3) is 0 Å². The van der Waals surface area contributed by atoms with E-state index in [1.165, 1.54) is 5.56 Å². The highest BCUT2D eigenvalue weighted by Gasteiger charge is 2.22. The van der Waals surface area contributed by atoms with Crippen molar-refractivity contribution in [3.8, 4) is 0 Å². The topological polar surface area (TPSA) is 50.8 Å². The van der Waals surface area contributed by atoms with E-state index in [0.29, 0.717) is 12.5 Å². The zero-order valence-electron chi connectivity index (χ0n) is 14.5. The summed E-state index contributed by atoms with van der Waals surface area (Å²) in [5, 5.41) is 3.08. The van der Waals surface area contributed by atoms with Gasteiger partial charge in [-0.1, -0.05) is 18.2 Å². The summed E-state index contributed by atoms with van der Waals surface area (Å²) in [4.78, 5) is 14.7. The summed E-state index contributed by atoms with van der Waals surface area (Å²) in [7, 11) is 0. The lowest BCUT2D eigenvalue weighted by Gasteiger charge is -2.27. The molecule has 2 saturated heterocycles. The highest BCUT2D eigenvalue weighted by Crippen LogP contribution is 2.23. The molecule has 2 aliphatic rings. The first kappa shape index (κ1) is 17.4. The molecule has 0 spiro atoms. The van der Waals surface area contributed by atoms with Crippen molar-refractivity contribution in [3.63, 3.8) is 0 Å². The predicted molar refractivity (Wildman–Crippen MR) is 94.0 cm³/mol. The van der Waals surface area contributed by atoms with Gasteiger partial charge in [0.05, 0.1) is 25.4 Å². The lowest BCUT2D eigenvalue weighted by atomic mass is 10.1. The van der Waals surface area contributed by atoms with Crippen LogP contribution in [0.1, 0.15) is 38.2 Å². The number of amides is 1. The normalized spacial score (nSPS) is 24.9. The Morgan fingerprint density at radius 1 is 1.25 bits per heavy atom. The largest absolute Gasteiger partial charge is 0.379 e. The van der Waals surface area contributed by atoms with Gasteiger partial charge in [-0.15, -0.1) is 0 Å².